The van der Waals surface area contributed by atoms with Crippen LogP contribution in [0.5, 0.6) is 0 Å². The van der Waals surface area contributed by atoms with Crippen molar-refractivity contribution in [3.05, 3.63) is 70.6 Å². The van der Waals surface area contributed by atoms with E-state index >= 15 is 4.39 Å². The third-order valence-electron chi connectivity index (χ3n) is 5.90. The van der Waals surface area contributed by atoms with Gasteiger partial charge in [0, 0.05) is 19.0 Å². The Morgan fingerprint density at radius 2 is 2.00 bits per heavy atom. The standard InChI is InChI=1S/C23H28FN5O3S/c1-15-4-5-16(2)18(10-15)11-23-26-22(13-28-8-9-32-14-17(28)3)27-29(23)21-7-6-19(12-20(21)24)33(25,30)31/h4-7,10,12,17H,8-9,11,13-14H2,1-3H3,(H2,25,30,31). The van der Waals surface area contributed by atoms with Crippen LogP contribution in [0.15, 0.2) is 41.3 Å². The fourth-order valence-electron chi connectivity index (χ4n) is 3.94. The van der Waals surface area contributed by atoms with Crippen LogP contribution in [0.4, 0.5) is 4.39 Å². The molecule has 1 aliphatic rings. The lowest BCUT2D eigenvalue weighted by Crippen LogP contribution is -2.43. The molecule has 1 atom stereocenters. The van der Waals surface area contributed by atoms with Gasteiger partial charge in [0.05, 0.1) is 24.7 Å². The van der Waals surface area contributed by atoms with Gasteiger partial charge in [0.2, 0.25) is 10.0 Å². The van der Waals surface area contributed by atoms with Crippen LogP contribution in [0, 0.1) is 19.7 Å². The van der Waals surface area contributed by atoms with Crippen LogP contribution in [0.3, 0.4) is 0 Å². The summed E-state index contributed by atoms with van der Waals surface area (Å²) in [6.45, 7) is 8.67. The van der Waals surface area contributed by atoms with Gasteiger partial charge < -0.3 is 4.74 Å². The molecule has 1 aromatic heterocycles. The topological polar surface area (TPSA) is 103 Å². The average Bonchev–Trinajstić information content (AvgIpc) is 3.13. The van der Waals surface area contributed by atoms with Crippen LogP contribution < -0.4 is 5.14 Å². The highest BCUT2D eigenvalue weighted by Crippen LogP contribution is 2.22. The first-order chi connectivity index (χ1) is 15.6. The van der Waals surface area contributed by atoms with Gasteiger partial charge >= 0.3 is 0 Å². The van der Waals surface area contributed by atoms with E-state index in [-0.39, 0.29) is 16.6 Å². The molecule has 0 aliphatic carbocycles. The van der Waals surface area contributed by atoms with Crippen LogP contribution in [0.2, 0.25) is 0 Å². The Balaban J connectivity index is 1.75. The van der Waals surface area contributed by atoms with Gasteiger partial charge in [-0.05, 0) is 50.1 Å². The van der Waals surface area contributed by atoms with E-state index in [2.05, 4.69) is 23.0 Å². The normalized spacial score (nSPS) is 17.4. The molecule has 176 valence electrons. The molecular weight excluding hydrogens is 445 g/mol. The second kappa shape index (κ2) is 9.30. The number of nitrogens with two attached hydrogens (primary N) is 1. The van der Waals surface area contributed by atoms with E-state index in [4.69, 9.17) is 14.9 Å². The highest BCUT2D eigenvalue weighted by molar-refractivity contribution is 7.89. The maximum Gasteiger partial charge on any atom is 0.238 e. The van der Waals surface area contributed by atoms with Gasteiger partial charge in [-0.15, -0.1) is 5.10 Å². The number of aryl methyl sites for hydroxylation is 2. The smallest absolute Gasteiger partial charge is 0.238 e. The summed E-state index contributed by atoms with van der Waals surface area (Å²) in [5.41, 5.74) is 3.41. The third-order valence-corrected chi connectivity index (χ3v) is 6.81. The van der Waals surface area contributed by atoms with Crippen molar-refractivity contribution < 1.29 is 17.5 Å². The van der Waals surface area contributed by atoms with Crippen LogP contribution in [0.1, 0.15) is 35.3 Å². The second-order valence-corrected chi connectivity index (χ2v) is 10.1. The van der Waals surface area contributed by atoms with Crippen LogP contribution in [0.25, 0.3) is 5.69 Å². The van der Waals surface area contributed by atoms with Gasteiger partial charge in [0.25, 0.3) is 0 Å². The van der Waals surface area contributed by atoms with Crippen molar-refractivity contribution in [1.29, 1.82) is 0 Å². The molecule has 33 heavy (non-hydrogen) atoms. The lowest BCUT2D eigenvalue weighted by atomic mass is 10.0. The van der Waals surface area contributed by atoms with Crippen molar-refractivity contribution >= 4 is 10.0 Å². The van der Waals surface area contributed by atoms with Crippen molar-refractivity contribution in [1.82, 2.24) is 19.7 Å². The molecule has 2 aromatic carbocycles. The maximum absolute atomic E-state index is 15.0. The Bertz CT molecular complexity index is 1280. The number of hydrogen-bond acceptors (Lipinski definition) is 6. The van der Waals surface area contributed by atoms with Gasteiger partial charge in [0.15, 0.2) is 5.82 Å². The van der Waals surface area contributed by atoms with Gasteiger partial charge in [0.1, 0.15) is 17.3 Å². The Kier molecular flexibility index (Phi) is 6.62. The molecule has 0 bridgehead atoms. The first-order valence-corrected chi connectivity index (χ1v) is 12.3. The number of aromatic nitrogens is 3. The number of ether oxygens (including phenoxy) is 1. The lowest BCUT2D eigenvalue weighted by Gasteiger charge is -2.32. The average molecular weight is 474 g/mol. The van der Waals surface area contributed by atoms with Gasteiger partial charge in [-0.1, -0.05) is 23.8 Å². The molecule has 2 N–H and O–H groups in total. The fourth-order valence-corrected chi connectivity index (χ4v) is 4.47. The zero-order chi connectivity index (χ0) is 23.8. The molecule has 1 fully saturated rings. The van der Waals surface area contributed by atoms with E-state index in [9.17, 15) is 8.42 Å². The quantitative estimate of drug-likeness (QED) is 0.590. The number of primary sulfonamides is 1. The number of benzene rings is 2. The molecule has 1 aliphatic heterocycles. The monoisotopic (exact) mass is 473 g/mol. The minimum Gasteiger partial charge on any atom is -0.379 e. The zero-order valence-electron chi connectivity index (χ0n) is 19.0. The second-order valence-electron chi connectivity index (χ2n) is 8.52. The molecule has 1 unspecified atom stereocenters. The van der Waals surface area contributed by atoms with Crippen molar-refractivity contribution in [2.24, 2.45) is 5.14 Å². The first kappa shape index (κ1) is 23.5. The molecule has 2 heterocycles. The Morgan fingerprint density at radius 1 is 1.21 bits per heavy atom. The molecule has 0 radical (unpaired) electrons. The molecule has 8 nitrogen and oxygen atoms in total. The van der Waals surface area contributed by atoms with E-state index in [0.29, 0.717) is 37.8 Å². The van der Waals surface area contributed by atoms with E-state index in [1.54, 1.807) is 0 Å². The molecule has 3 aromatic rings. The summed E-state index contributed by atoms with van der Waals surface area (Å²) < 4.78 is 45.2. The number of nitrogens with zero attached hydrogens (tertiary/aromatic N) is 4. The Labute approximate surface area is 193 Å². The Morgan fingerprint density at radius 3 is 2.70 bits per heavy atom. The summed E-state index contributed by atoms with van der Waals surface area (Å²) in [6, 6.07) is 9.96. The number of rotatable bonds is 6. The molecule has 10 heteroatoms. The molecule has 0 amide bonds. The number of halogens is 1. The van der Waals surface area contributed by atoms with Crippen molar-refractivity contribution in [3.63, 3.8) is 0 Å². The summed E-state index contributed by atoms with van der Waals surface area (Å²) in [7, 11) is -4.02. The Hall–Kier alpha value is -2.66. The minimum atomic E-state index is -4.02. The summed E-state index contributed by atoms with van der Waals surface area (Å²) in [4.78, 5) is 6.69. The predicted molar refractivity (Wildman–Crippen MR) is 122 cm³/mol. The largest absolute Gasteiger partial charge is 0.379 e. The van der Waals surface area contributed by atoms with E-state index in [1.807, 2.05) is 26.0 Å². The van der Waals surface area contributed by atoms with Crippen molar-refractivity contribution in [2.75, 3.05) is 19.8 Å². The lowest BCUT2D eigenvalue weighted by molar-refractivity contribution is -0.00548. The van der Waals surface area contributed by atoms with Crippen LogP contribution in [-0.2, 0) is 27.7 Å². The number of morpholine rings is 1. The third kappa shape index (κ3) is 5.30. The van der Waals surface area contributed by atoms with Crippen molar-refractivity contribution in [3.8, 4) is 5.69 Å². The number of hydrogen-bond donors (Lipinski definition) is 1. The highest BCUT2D eigenvalue weighted by Gasteiger charge is 2.23. The summed E-state index contributed by atoms with van der Waals surface area (Å²) in [5, 5.41) is 9.77. The molecular formula is C23H28FN5O3S. The molecule has 0 saturated carbocycles. The number of sulfonamides is 1. The van der Waals surface area contributed by atoms with Gasteiger partial charge in [-0.3, -0.25) is 4.90 Å². The van der Waals surface area contributed by atoms with Crippen molar-refractivity contribution in [2.45, 2.75) is 44.7 Å². The SMILES string of the molecule is Cc1ccc(C)c(Cc2nc(CN3CCOCC3C)nn2-c2ccc(S(N)(=O)=O)cc2F)c1. The minimum absolute atomic E-state index is 0.122. The van der Waals surface area contributed by atoms with Gasteiger partial charge in [-0.25, -0.2) is 27.6 Å². The van der Waals surface area contributed by atoms with E-state index < -0.39 is 15.8 Å². The predicted octanol–water partition coefficient (Wildman–Crippen LogP) is 2.48. The van der Waals surface area contributed by atoms with E-state index in [0.717, 1.165) is 29.3 Å². The molecule has 1 saturated heterocycles. The zero-order valence-corrected chi connectivity index (χ0v) is 19.8. The molecule has 4 rings (SSSR count). The van der Waals surface area contributed by atoms with Gasteiger partial charge in [-0.2, -0.15) is 0 Å². The fraction of sp³-hybridized carbons (Fsp3) is 0.391. The highest BCUT2D eigenvalue weighted by atomic mass is 32.2. The first-order valence-electron chi connectivity index (χ1n) is 10.8. The summed E-state index contributed by atoms with van der Waals surface area (Å²) in [5.74, 6) is 0.403. The summed E-state index contributed by atoms with van der Waals surface area (Å²) >= 11 is 0. The van der Waals surface area contributed by atoms with Crippen LogP contribution >= 0.6 is 0 Å². The molecule has 0 spiro atoms. The van der Waals surface area contributed by atoms with E-state index in [1.165, 1.54) is 16.8 Å². The summed E-state index contributed by atoms with van der Waals surface area (Å²) in [6.07, 6.45) is 0.454. The van der Waals surface area contributed by atoms with Crippen LogP contribution in [-0.4, -0.2) is 53.9 Å². The maximum atomic E-state index is 15.0.